The van der Waals surface area contributed by atoms with E-state index in [0.29, 0.717) is 61.8 Å². The summed E-state index contributed by atoms with van der Waals surface area (Å²) in [5, 5.41) is 1.06. The van der Waals surface area contributed by atoms with Crippen molar-refractivity contribution >= 4 is 29.1 Å². The first-order chi connectivity index (χ1) is 10.6. The van der Waals surface area contributed by atoms with Gasteiger partial charge in [-0.25, -0.2) is 0 Å². The number of hydrogen-bond donors (Lipinski definition) is 0. The van der Waals surface area contributed by atoms with E-state index in [1.54, 1.807) is 18.2 Å². The van der Waals surface area contributed by atoms with Crippen molar-refractivity contribution in [2.75, 3.05) is 53.0 Å². The molecule has 1 amide bonds. The van der Waals surface area contributed by atoms with Gasteiger partial charge in [0, 0.05) is 24.7 Å². The number of carbonyl (C=O) groups excluding carboxylic acids is 1. The molecule has 0 saturated carbocycles. The molecule has 0 unspecified atom stereocenters. The fourth-order valence-corrected chi connectivity index (χ4v) is 2.59. The van der Waals surface area contributed by atoms with Gasteiger partial charge in [0.05, 0.1) is 24.8 Å². The standard InChI is InChI=1S/C15H20Cl2N2O3/c1-18(11-15(20)19-5-7-21-8-6-19)4-9-22-14-3-2-12(16)10-13(14)17/h2-3,10H,4-9,11H2,1H3. The fourth-order valence-electron chi connectivity index (χ4n) is 2.13. The summed E-state index contributed by atoms with van der Waals surface area (Å²) in [6.45, 7) is 4.04. The van der Waals surface area contributed by atoms with E-state index in [0.717, 1.165) is 0 Å². The smallest absolute Gasteiger partial charge is 0.236 e. The molecule has 0 aliphatic carbocycles. The molecule has 1 heterocycles. The van der Waals surface area contributed by atoms with Gasteiger partial charge in [-0.3, -0.25) is 9.69 Å². The zero-order valence-corrected chi connectivity index (χ0v) is 14.1. The average molecular weight is 347 g/mol. The molecular weight excluding hydrogens is 327 g/mol. The summed E-state index contributed by atoms with van der Waals surface area (Å²) in [7, 11) is 1.89. The van der Waals surface area contributed by atoms with Gasteiger partial charge < -0.3 is 14.4 Å². The third-order valence-electron chi connectivity index (χ3n) is 3.39. The van der Waals surface area contributed by atoms with Crippen molar-refractivity contribution in [2.24, 2.45) is 0 Å². The lowest BCUT2D eigenvalue weighted by Crippen LogP contribution is -2.45. The maximum Gasteiger partial charge on any atom is 0.236 e. The van der Waals surface area contributed by atoms with E-state index in [9.17, 15) is 4.79 Å². The second-order valence-corrected chi connectivity index (χ2v) is 6.00. The summed E-state index contributed by atoms with van der Waals surface area (Å²) in [6.07, 6.45) is 0. The first-order valence-electron chi connectivity index (χ1n) is 7.18. The Bertz CT molecular complexity index is 508. The highest BCUT2D eigenvalue weighted by molar-refractivity contribution is 6.35. The van der Waals surface area contributed by atoms with Crippen LogP contribution in [-0.2, 0) is 9.53 Å². The molecule has 0 radical (unpaired) electrons. The quantitative estimate of drug-likeness (QED) is 0.791. The summed E-state index contributed by atoms with van der Waals surface area (Å²) in [4.78, 5) is 15.8. The molecule has 1 fully saturated rings. The monoisotopic (exact) mass is 346 g/mol. The number of rotatable bonds is 6. The number of carbonyl (C=O) groups is 1. The van der Waals surface area contributed by atoms with Crippen LogP contribution in [0.2, 0.25) is 10.0 Å². The Labute approximate surface area is 140 Å². The molecule has 2 rings (SSSR count). The Balaban J connectivity index is 1.70. The molecule has 1 aliphatic heterocycles. The van der Waals surface area contributed by atoms with Crippen LogP contribution in [0.4, 0.5) is 0 Å². The van der Waals surface area contributed by atoms with E-state index in [1.807, 2.05) is 16.8 Å². The molecule has 0 atom stereocenters. The van der Waals surface area contributed by atoms with Gasteiger partial charge >= 0.3 is 0 Å². The van der Waals surface area contributed by atoms with Crippen molar-refractivity contribution < 1.29 is 14.3 Å². The molecule has 7 heteroatoms. The minimum atomic E-state index is 0.121. The molecule has 1 aromatic carbocycles. The summed E-state index contributed by atoms with van der Waals surface area (Å²) in [6, 6.07) is 5.11. The van der Waals surface area contributed by atoms with Gasteiger partial charge in [-0.05, 0) is 25.2 Å². The van der Waals surface area contributed by atoms with Crippen molar-refractivity contribution in [3.63, 3.8) is 0 Å². The molecule has 1 saturated heterocycles. The van der Waals surface area contributed by atoms with Gasteiger partial charge in [-0.2, -0.15) is 0 Å². The first-order valence-corrected chi connectivity index (χ1v) is 7.94. The zero-order valence-electron chi connectivity index (χ0n) is 12.6. The first kappa shape index (κ1) is 17.3. The van der Waals surface area contributed by atoms with E-state index < -0.39 is 0 Å². The van der Waals surface area contributed by atoms with Crippen LogP contribution in [0.15, 0.2) is 18.2 Å². The number of halogens is 2. The molecule has 122 valence electrons. The predicted molar refractivity (Wildman–Crippen MR) is 86.9 cm³/mol. The van der Waals surface area contributed by atoms with Crippen LogP contribution in [0.5, 0.6) is 5.75 Å². The number of hydrogen-bond acceptors (Lipinski definition) is 4. The molecule has 1 aliphatic rings. The molecule has 0 spiro atoms. The SMILES string of the molecule is CN(CCOc1ccc(Cl)cc1Cl)CC(=O)N1CCOCC1. The Hall–Kier alpha value is -1.01. The van der Waals surface area contributed by atoms with Crippen molar-refractivity contribution in [3.05, 3.63) is 28.2 Å². The highest BCUT2D eigenvalue weighted by Gasteiger charge is 2.18. The van der Waals surface area contributed by atoms with Crippen LogP contribution in [0.25, 0.3) is 0 Å². The second-order valence-electron chi connectivity index (χ2n) is 5.15. The largest absolute Gasteiger partial charge is 0.491 e. The number of ether oxygens (including phenoxy) is 2. The van der Waals surface area contributed by atoms with Crippen molar-refractivity contribution in [3.8, 4) is 5.75 Å². The van der Waals surface area contributed by atoms with E-state index in [4.69, 9.17) is 32.7 Å². The van der Waals surface area contributed by atoms with Crippen LogP contribution in [0.1, 0.15) is 0 Å². The maximum absolute atomic E-state index is 12.1. The van der Waals surface area contributed by atoms with Gasteiger partial charge in [0.2, 0.25) is 5.91 Å². The Morgan fingerprint density at radius 3 is 2.77 bits per heavy atom. The Morgan fingerprint density at radius 1 is 1.36 bits per heavy atom. The number of morpholine rings is 1. The highest BCUT2D eigenvalue weighted by Crippen LogP contribution is 2.27. The normalized spacial score (nSPS) is 15.2. The lowest BCUT2D eigenvalue weighted by Gasteiger charge is -2.28. The van der Waals surface area contributed by atoms with Crippen LogP contribution < -0.4 is 4.74 Å². The molecular formula is C15H20Cl2N2O3. The minimum absolute atomic E-state index is 0.121. The number of amides is 1. The van der Waals surface area contributed by atoms with E-state index in [-0.39, 0.29) is 5.91 Å². The topological polar surface area (TPSA) is 42.0 Å². The van der Waals surface area contributed by atoms with Gasteiger partial charge in [0.25, 0.3) is 0 Å². The number of likely N-dealkylation sites (N-methyl/N-ethyl adjacent to an activating group) is 1. The van der Waals surface area contributed by atoms with Gasteiger partial charge in [-0.1, -0.05) is 23.2 Å². The van der Waals surface area contributed by atoms with Crippen LogP contribution in [0, 0.1) is 0 Å². The summed E-state index contributed by atoms with van der Waals surface area (Å²) >= 11 is 11.9. The van der Waals surface area contributed by atoms with E-state index in [2.05, 4.69) is 0 Å². The van der Waals surface area contributed by atoms with Crippen LogP contribution in [-0.4, -0.2) is 68.8 Å². The summed E-state index contributed by atoms with van der Waals surface area (Å²) in [5.41, 5.74) is 0. The Morgan fingerprint density at radius 2 is 2.09 bits per heavy atom. The summed E-state index contributed by atoms with van der Waals surface area (Å²) < 4.78 is 10.9. The molecule has 0 aromatic heterocycles. The second kappa shape index (κ2) is 8.58. The lowest BCUT2D eigenvalue weighted by atomic mass is 10.3. The minimum Gasteiger partial charge on any atom is -0.491 e. The van der Waals surface area contributed by atoms with E-state index in [1.165, 1.54) is 0 Å². The third-order valence-corrected chi connectivity index (χ3v) is 3.92. The predicted octanol–water partition coefficient (Wildman–Crippen LogP) is 2.16. The van der Waals surface area contributed by atoms with Crippen molar-refractivity contribution in [2.45, 2.75) is 0 Å². The molecule has 0 bridgehead atoms. The van der Waals surface area contributed by atoms with E-state index >= 15 is 0 Å². The van der Waals surface area contributed by atoms with Gasteiger partial charge in [0.1, 0.15) is 12.4 Å². The van der Waals surface area contributed by atoms with Gasteiger partial charge in [-0.15, -0.1) is 0 Å². The fraction of sp³-hybridized carbons (Fsp3) is 0.533. The maximum atomic E-state index is 12.1. The summed E-state index contributed by atoms with van der Waals surface area (Å²) in [5.74, 6) is 0.717. The molecule has 5 nitrogen and oxygen atoms in total. The lowest BCUT2D eigenvalue weighted by molar-refractivity contribution is -0.136. The average Bonchev–Trinajstić information content (AvgIpc) is 2.50. The van der Waals surface area contributed by atoms with Crippen LogP contribution in [0.3, 0.4) is 0 Å². The zero-order chi connectivity index (χ0) is 15.9. The molecule has 1 aromatic rings. The number of benzene rings is 1. The van der Waals surface area contributed by atoms with Crippen LogP contribution >= 0.6 is 23.2 Å². The Kier molecular flexibility index (Phi) is 6.76. The third kappa shape index (κ3) is 5.32. The highest BCUT2D eigenvalue weighted by atomic mass is 35.5. The van der Waals surface area contributed by atoms with Crippen molar-refractivity contribution in [1.29, 1.82) is 0 Å². The number of nitrogens with zero attached hydrogens (tertiary/aromatic N) is 2. The van der Waals surface area contributed by atoms with Gasteiger partial charge in [0.15, 0.2) is 0 Å². The molecule has 0 N–H and O–H groups in total. The molecule has 22 heavy (non-hydrogen) atoms. The van der Waals surface area contributed by atoms with Crippen molar-refractivity contribution in [1.82, 2.24) is 9.80 Å².